The molecule has 6 nitrogen and oxygen atoms in total. The predicted octanol–water partition coefficient (Wildman–Crippen LogP) is 23.3. The van der Waals surface area contributed by atoms with Crippen LogP contribution in [0.15, 0.2) is 48.5 Å². The van der Waals surface area contributed by atoms with E-state index in [1.165, 1.54) is 242 Å². The van der Waals surface area contributed by atoms with E-state index < -0.39 is 17.2 Å². The fourth-order valence-electron chi connectivity index (χ4n) is 13.4. The molecule has 4 aliphatic rings. The molecule has 4 saturated carbocycles. The van der Waals surface area contributed by atoms with Gasteiger partial charge in [0.1, 0.15) is 11.5 Å². The minimum absolute atomic E-state index is 0.188. The van der Waals surface area contributed by atoms with E-state index in [1.807, 2.05) is 0 Å². The lowest BCUT2D eigenvalue weighted by Gasteiger charge is -2.46. The highest BCUT2D eigenvalue weighted by molar-refractivity contribution is 7.42. The molecular formula is C67H114O6P2. The molecular weight excluding hydrogens is 963 g/mol. The molecule has 0 saturated heterocycles. The van der Waals surface area contributed by atoms with Crippen molar-refractivity contribution in [1.29, 1.82) is 0 Å². The van der Waals surface area contributed by atoms with Gasteiger partial charge in [0.15, 0.2) is 0 Å². The summed E-state index contributed by atoms with van der Waals surface area (Å²) >= 11 is 0. The van der Waals surface area contributed by atoms with Crippen molar-refractivity contribution in [2.45, 2.75) is 321 Å². The molecule has 0 amide bonds. The minimum Gasteiger partial charge on any atom is -0.427 e. The summed E-state index contributed by atoms with van der Waals surface area (Å²) in [5.41, 5.74) is 3.20. The average molecular weight is 1080 g/mol. The standard InChI is InChI=1S/C67H114O6P2/c1-5-7-9-11-13-15-17-19-21-23-25-33-55-68-74(70-63-47-39-59(40-48-63)57-35-29-27-30-36-57)72-65-51-43-61(44-52-65)67(3,4)62-45-53-66(54-46-62)73-75(69-56-34-26-24-22-20-18-16-14-12-10-8-6-2)71-64-49-41-60(42-50-64)58-37-31-28-32-38-58/h39-42,47-50,57-58,61-62,65-66H,5-38,43-46,51-56H2,1-4H3. The molecule has 0 heterocycles. The number of hydrogen-bond donors (Lipinski definition) is 0. The molecule has 2 unspecified atom stereocenters. The van der Waals surface area contributed by atoms with Crippen molar-refractivity contribution in [2.24, 2.45) is 17.3 Å². The molecule has 4 fully saturated rings. The maximum atomic E-state index is 6.84. The van der Waals surface area contributed by atoms with Gasteiger partial charge in [-0.05, 0) is 154 Å². The Morgan fingerprint density at radius 2 is 0.653 bits per heavy atom. The predicted molar refractivity (Wildman–Crippen MR) is 321 cm³/mol. The average Bonchev–Trinajstić information content (AvgIpc) is 3.44. The molecule has 0 spiro atoms. The maximum absolute atomic E-state index is 6.84. The Morgan fingerprint density at radius 1 is 0.360 bits per heavy atom. The third-order valence-electron chi connectivity index (χ3n) is 18.6. The van der Waals surface area contributed by atoms with E-state index in [0.717, 1.165) is 50.0 Å². The van der Waals surface area contributed by atoms with Crippen molar-refractivity contribution in [2.75, 3.05) is 13.2 Å². The Balaban J connectivity index is 0.926. The molecule has 0 bridgehead atoms. The number of benzene rings is 2. The molecule has 0 aliphatic heterocycles. The van der Waals surface area contributed by atoms with Gasteiger partial charge in [-0.1, -0.05) is 232 Å². The smallest absolute Gasteiger partial charge is 0.397 e. The lowest BCUT2D eigenvalue weighted by Crippen LogP contribution is -2.38. The van der Waals surface area contributed by atoms with Crippen LogP contribution in [0.2, 0.25) is 0 Å². The molecule has 0 N–H and O–H groups in total. The van der Waals surface area contributed by atoms with Gasteiger partial charge >= 0.3 is 17.2 Å². The summed E-state index contributed by atoms with van der Waals surface area (Å²) in [5, 5.41) is 0. The van der Waals surface area contributed by atoms with Crippen molar-refractivity contribution >= 4 is 17.2 Å². The van der Waals surface area contributed by atoms with Crippen LogP contribution in [0.3, 0.4) is 0 Å². The van der Waals surface area contributed by atoms with Gasteiger partial charge in [-0.25, -0.2) is 0 Å². The van der Waals surface area contributed by atoms with Crippen LogP contribution in [0, 0.1) is 17.3 Å². The molecule has 0 radical (unpaired) electrons. The van der Waals surface area contributed by atoms with E-state index >= 15 is 0 Å². The molecule has 0 aromatic heterocycles. The summed E-state index contributed by atoms with van der Waals surface area (Å²) in [5.74, 6) is 4.55. The van der Waals surface area contributed by atoms with E-state index in [-0.39, 0.29) is 17.6 Å². The van der Waals surface area contributed by atoms with Crippen LogP contribution in [0.5, 0.6) is 11.5 Å². The van der Waals surface area contributed by atoms with Gasteiger partial charge in [0.25, 0.3) is 0 Å². The molecule has 8 heteroatoms. The lowest BCUT2D eigenvalue weighted by atomic mass is 9.60. The first-order valence-electron chi connectivity index (χ1n) is 32.7. The molecule has 2 aromatic rings. The second-order valence-electron chi connectivity index (χ2n) is 24.9. The summed E-state index contributed by atoms with van der Waals surface area (Å²) < 4.78 is 40.0. The molecule has 428 valence electrons. The largest absolute Gasteiger partial charge is 0.427 e. The fourth-order valence-corrected chi connectivity index (χ4v) is 15.7. The Kier molecular flexibility index (Phi) is 32.2. The van der Waals surface area contributed by atoms with Crippen molar-refractivity contribution in [3.05, 3.63) is 59.7 Å². The summed E-state index contributed by atoms with van der Waals surface area (Å²) in [7, 11) is -2.91. The zero-order valence-corrected chi connectivity index (χ0v) is 50.8. The molecule has 2 atom stereocenters. The zero-order valence-electron chi connectivity index (χ0n) is 49.0. The van der Waals surface area contributed by atoms with Crippen LogP contribution in [0.1, 0.15) is 320 Å². The van der Waals surface area contributed by atoms with Gasteiger partial charge in [-0.3, -0.25) is 9.05 Å². The third-order valence-corrected chi connectivity index (χ3v) is 21.0. The molecule has 2 aromatic carbocycles. The number of hydrogen-bond acceptors (Lipinski definition) is 6. The van der Waals surface area contributed by atoms with Gasteiger partial charge in [0, 0.05) is 0 Å². The summed E-state index contributed by atoms with van der Waals surface area (Å²) in [4.78, 5) is 0. The Labute approximate surface area is 465 Å². The van der Waals surface area contributed by atoms with Gasteiger partial charge < -0.3 is 18.1 Å². The van der Waals surface area contributed by atoms with Crippen LogP contribution in [-0.2, 0) is 18.1 Å². The van der Waals surface area contributed by atoms with Gasteiger partial charge in [0.2, 0.25) is 0 Å². The highest BCUT2D eigenvalue weighted by Gasteiger charge is 2.42. The first-order chi connectivity index (χ1) is 36.9. The molecule has 6 rings (SSSR count). The van der Waals surface area contributed by atoms with Gasteiger partial charge in [-0.2, -0.15) is 0 Å². The van der Waals surface area contributed by atoms with Gasteiger partial charge in [-0.15, -0.1) is 0 Å². The van der Waals surface area contributed by atoms with Crippen LogP contribution in [-0.4, -0.2) is 25.4 Å². The van der Waals surface area contributed by atoms with Crippen LogP contribution in [0.25, 0.3) is 0 Å². The summed E-state index contributed by atoms with van der Waals surface area (Å²) in [6, 6.07) is 17.9. The monoisotopic (exact) mass is 1080 g/mol. The maximum Gasteiger partial charge on any atom is 0.397 e. The van der Waals surface area contributed by atoms with E-state index in [1.54, 1.807) is 0 Å². The van der Waals surface area contributed by atoms with Crippen molar-refractivity contribution in [3.63, 3.8) is 0 Å². The van der Waals surface area contributed by atoms with E-state index in [2.05, 4.69) is 76.2 Å². The Morgan fingerprint density at radius 3 is 0.960 bits per heavy atom. The summed E-state index contributed by atoms with van der Waals surface area (Å²) in [6.45, 7) is 11.2. The van der Waals surface area contributed by atoms with E-state index in [9.17, 15) is 0 Å². The van der Waals surface area contributed by atoms with Crippen LogP contribution in [0.4, 0.5) is 0 Å². The Hall–Kier alpha value is -1.26. The minimum atomic E-state index is -1.46. The first-order valence-corrected chi connectivity index (χ1v) is 34.9. The quantitative estimate of drug-likeness (QED) is 0.0490. The second kappa shape index (κ2) is 38.4. The van der Waals surface area contributed by atoms with E-state index in [0.29, 0.717) is 36.9 Å². The number of unbranched alkanes of at least 4 members (excludes halogenated alkanes) is 22. The highest BCUT2D eigenvalue weighted by atomic mass is 31.2. The fraction of sp³-hybridized carbons (Fsp3) is 0.821. The van der Waals surface area contributed by atoms with Crippen LogP contribution < -0.4 is 9.05 Å². The second-order valence-corrected chi connectivity index (χ2v) is 27.1. The van der Waals surface area contributed by atoms with Crippen molar-refractivity contribution in [1.82, 2.24) is 0 Å². The van der Waals surface area contributed by atoms with Crippen molar-refractivity contribution < 1.29 is 27.1 Å². The topological polar surface area (TPSA) is 55.4 Å². The number of rotatable bonds is 40. The van der Waals surface area contributed by atoms with E-state index in [4.69, 9.17) is 27.1 Å². The Bertz CT molecular complexity index is 1540. The highest BCUT2D eigenvalue weighted by Crippen LogP contribution is 2.53. The zero-order chi connectivity index (χ0) is 52.4. The van der Waals surface area contributed by atoms with Gasteiger partial charge in [0.05, 0.1) is 25.4 Å². The third kappa shape index (κ3) is 25.0. The summed E-state index contributed by atoms with van der Waals surface area (Å²) in [6.07, 6.45) is 55.2. The van der Waals surface area contributed by atoms with Crippen LogP contribution >= 0.6 is 17.2 Å². The molecule has 4 aliphatic carbocycles. The lowest BCUT2D eigenvalue weighted by molar-refractivity contribution is 0.00601. The first kappa shape index (κ1) is 62.9. The molecule has 75 heavy (non-hydrogen) atoms. The SMILES string of the molecule is CCCCCCCCCCCCCCOP(Oc1ccc(C2CCCCC2)cc1)OC1CCC(C(C)(C)C2CCC(OP(OCCCCCCCCCCCCCC)Oc3ccc(C4CCCCC4)cc3)CC2)CC1. The normalized spacial score (nSPS) is 22.0. The van der Waals surface area contributed by atoms with Crippen molar-refractivity contribution in [3.8, 4) is 11.5 Å².